The molecule has 0 bridgehead atoms. The van der Waals surface area contributed by atoms with Crippen molar-refractivity contribution in [1.82, 2.24) is 4.90 Å². The topological polar surface area (TPSA) is 42.0 Å². The van der Waals surface area contributed by atoms with Crippen molar-refractivity contribution >= 4 is 29.3 Å². The third-order valence-corrected chi connectivity index (χ3v) is 5.19. The number of carbonyl (C=O) groups is 1. The van der Waals surface area contributed by atoms with E-state index in [0.717, 1.165) is 35.8 Å². The summed E-state index contributed by atoms with van der Waals surface area (Å²) in [7, 11) is 1.68. The number of benzene rings is 2. The first kappa shape index (κ1) is 17.7. The summed E-state index contributed by atoms with van der Waals surface area (Å²) in [6.07, 6.45) is 1.89. The van der Waals surface area contributed by atoms with Gasteiger partial charge in [0.25, 0.3) is 5.91 Å². The first-order chi connectivity index (χ1) is 13.2. The number of carbonyl (C=O) groups excluding carboxylic acids is 1. The molecule has 0 spiro atoms. The fourth-order valence-electron chi connectivity index (χ4n) is 3.52. The van der Waals surface area contributed by atoms with Gasteiger partial charge in [0.15, 0.2) is 0 Å². The van der Waals surface area contributed by atoms with Crippen molar-refractivity contribution in [3.05, 3.63) is 58.6 Å². The fourth-order valence-corrected chi connectivity index (χ4v) is 3.70. The minimum atomic E-state index is 0.0281. The number of rotatable bonds is 3. The molecule has 27 heavy (non-hydrogen) atoms. The van der Waals surface area contributed by atoms with E-state index in [4.69, 9.17) is 21.1 Å². The van der Waals surface area contributed by atoms with Crippen molar-refractivity contribution in [2.75, 3.05) is 44.8 Å². The van der Waals surface area contributed by atoms with Crippen molar-refractivity contribution in [2.45, 2.75) is 0 Å². The van der Waals surface area contributed by atoms with Crippen LogP contribution in [0.5, 0.6) is 11.5 Å². The Balaban J connectivity index is 1.45. The van der Waals surface area contributed by atoms with E-state index < -0.39 is 0 Å². The molecule has 0 atom stereocenters. The second kappa shape index (κ2) is 7.53. The van der Waals surface area contributed by atoms with E-state index in [-0.39, 0.29) is 5.91 Å². The number of methoxy groups -OCH3 is 1. The lowest BCUT2D eigenvalue weighted by atomic mass is 10.1. The van der Waals surface area contributed by atoms with Crippen LogP contribution in [0.15, 0.2) is 48.0 Å². The average Bonchev–Trinajstić information content (AvgIpc) is 2.72. The van der Waals surface area contributed by atoms with Gasteiger partial charge in [-0.25, -0.2) is 0 Å². The molecule has 5 nitrogen and oxygen atoms in total. The van der Waals surface area contributed by atoms with Crippen LogP contribution in [0, 0.1) is 0 Å². The van der Waals surface area contributed by atoms with Gasteiger partial charge in [-0.2, -0.15) is 0 Å². The normalized spacial score (nSPS) is 16.3. The molecule has 2 aromatic rings. The van der Waals surface area contributed by atoms with Gasteiger partial charge in [0.1, 0.15) is 18.1 Å². The quantitative estimate of drug-likeness (QED) is 0.812. The SMILES string of the molecule is COc1ccccc1N1CCN(C(=O)C2=Cc3cc(Cl)ccc3OC2)CC1. The number of anilines is 1. The van der Waals surface area contributed by atoms with Gasteiger partial charge in [0.05, 0.1) is 18.4 Å². The third-order valence-electron chi connectivity index (χ3n) is 4.95. The molecule has 2 aliphatic heterocycles. The molecule has 0 N–H and O–H groups in total. The van der Waals surface area contributed by atoms with E-state index in [1.165, 1.54) is 0 Å². The zero-order valence-electron chi connectivity index (χ0n) is 15.2. The number of hydrogen-bond acceptors (Lipinski definition) is 4. The molecule has 1 fully saturated rings. The maximum absolute atomic E-state index is 12.9. The smallest absolute Gasteiger partial charge is 0.253 e. The van der Waals surface area contributed by atoms with Gasteiger partial charge in [-0.3, -0.25) is 4.79 Å². The number of piperazine rings is 1. The number of fused-ring (bicyclic) bond motifs is 1. The predicted octanol–water partition coefficient (Wildman–Crippen LogP) is 3.47. The second-order valence-electron chi connectivity index (χ2n) is 6.59. The molecule has 6 heteroatoms. The largest absolute Gasteiger partial charge is 0.495 e. The van der Waals surface area contributed by atoms with E-state index in [2.05, 4.69) is 11.0 Å². The molecule has 0 saturated carbocycles. The number of ether oxygens (including phenoxy) is 2. The Morgan fingerprint density at radius 1 is 1.11 bits per heavy atom. The summed E-state index contributed by atoms with van der Waals surface area (Å²) in [6.45, 7) is 3.15. The Kier molecular flexibility index (Phi) is 4.94. The van der Waals surface area contributed by atoms with E-state index >= 15 is 0 Å². The summed E-state index contributed by atoms with van der Waals surface area (Å²) in [4.78, 5) is 17.1. The fraction of sp³-hybridized carbons (Fsp3) is 0.286. The Bertz CT molecular complexity index is 889. The number of halogens is 1. The summed E-state index contributed by atoms with van der Waals surface area (Å²) >= 11 is 6.06. The molecule has 1 amide bonds. The summed E-state index contributed by atoms with van der Waals surface area (Å²) in [5.74, 6) is 1.64. The van der Waals surface area contributed by atoms with Crippen LogP contribution in [-0.4, -0.2) is 50.7 Å². The van der Waals surface area contributed by atoms with Gasteiger partial charge in [0, 0.05) is 36.8 Å². The van der Waals surface area contributed by atoms with E-state index in [9.17, 15) is 4.79 Å². The predicted molar refractivity (Wildman–Crippen MR) is 107 cm³/mol. The molecular formula is C21H21ClN2O3. The molecular weight excluding hydrogens is 364 g/mol. The molecule has 0 aromatic heterocycles. The highest BCUT2D eigenvalue weighted by atomic mass is 35.5. The van der Waals surface area contributed by atoms with Crippen LogP contribution in [0.25, 0.3) is 6.08 Å². The van der Waals surface area contributed by atoms with Crippen molar-refractivity contribution < 1.29 is 14.3 Å². The molecule has 1 saturated heterocycles. The molecule has 2 aliphatic rings. The van der Waals surface area contributed by atoms with Gasteiger partial charge in [-0.15, -0.1) is 0 Å². The van der Waals surface area contributed by atoms with Gasteiger partial charge in [-0.05, 0) is 36.4 Å². The molecule has 2 aromatic carbocycles. The van der Waals surface area contributed by atoms with Crippen LogP contribution in [0.1, 0.15) is 5.56 Å². The number of nitrogens with zero attached hydrogens (tertiary/aromatic N) is 2. The molecule has 4 rings (SSSR count). The first-order valence-corrected chi connectivity index (χ1v) is 9.33. The molecule has 0 unspecified atom stereocenters. The number of amides is 1. The molecule has 0 radical (unpaired) electrons. The lowest BCUT2D eigenvalue weighted by Gasteiger charge is -2.37. The molecule has 0 aliphatic carbocycles. The monoisotopic (exact) mass is 384 g/mol. The van der Waals surface area contributed by atoms with E-state index in [1.807, 2.05) is 41.3 Å². The average molecular weight is 385 g/mol. The van der Waals surface area contributed by atoms with Crippen LogP contribution in [0.4, 0.5) is 5.69 Å². The lowest BCUT2D eigenvalue weighted by molar-refractivity contribution is -0.127. The Morgan fingerprint density at radius 3 is 2.67 bits per heavy atom. The maximum Gasteiger partial charge on any atom is 0.253 e. The maximum atomic E-state index is 12.9. The van der Waals surface area contributed by atoms with Crippen molar-refractivity contribution in [3.63, 3.8) is 0 Å². The Labute approximate surface area is 163 Å². The highest BCUT2D eigenvalue weighted by Crippen LogP contribution is 2.31. The van der Waals surface area contributed by atoms with Crippen LogP contribution in [0.2, 0.25) is 5.02 Å². The van der Waals surface area contributed by atoms with Crippen molar-refractivity contribution in [3.8, 4) is 11.5 Å². The van der Waals surface area contributed by atoms with Gasteiger partial charge >= 0.3 is 0 Å². The Morgan fingerprint density at radius 2 is 1.89 bits per heavy atom. The molecule has 2 heterocycles. The van der Waals surface area contributed by atoms with Crippen molar-refractivity contribution in [2.24, 2.45) is 0 Å². The van der Waals surface area contributed by atoms with Crippen molar-refractivity contribution in [1.29, 1.82) is 0 Å². The van der Waals surface area contributed by atoms with Gasteiger partial charge < -0.3 is 19.3 Å². The Hall–Kier alpha value is -2.66. The second-order valence-corrected chi connectivity index (χ2v) is 7.03. The summed E-state index contributed by atoms with van der Waals surface area (Å²) in [5, 5.41) is 0.632. The third kappa shape index (κ3) is 3.60. The van der Waals surface area contributed by atoms with Crippen LogP contribution >= 0.6 is 11.6 Å². The zero-order chi connectivity index (χ0) is 18.8. The van der Waals surface area contributed by atoms with E-state index in [1.54, 1.807) is 13.2 Å². The highest BCUT2D eigenvalue weighted by Gasteiger charge is 2.26. The van der Waals surface area contributed by atoms with Gasteiger partial charge in [0.2, 0.25) is 0 Å². The van der Waals surface area contributed by atoms with E-state index in [0.29, 0.717) is 30.3 Å². The lowest BCUT2D eigenvalue weighted by Crippen LogP contribution is -2.49. The molecule has 140 valence electrons. The minimum absolute atomic E-state index is 0.0281. The van der Waals surface area contributed by atoms with Crippen LogP contribution in [0.3, 0.4) is 0 Å². The van der Waals surface area contributed by atoms with Crippen LogP contribution in [-0.2, 0) is 4.79 Å². The van der Waals surface area contributed by atoms with Crippen LogP contribution < -0.4 is 14.4 Å². The summed E-state index contributed by atoms with van der Waals surface area (Å²) in [5.41, 5.74) is 2.58. The summed E-state index contributed by atoms with van der Waals surface area (Å²) < 4.78 is 11.2. The standard InChI is InChI=1S/C21H21ClN2O3/c1-26-20-5-3-2-4-18(20)23-8-10-24(11-9-23)21(25)16-12-15-13-17(22)6-7-19(15)27-14-16/h2-7,12-13H,8-11,14H2,1H3. The zero-order valence-corrected chi connectivity index (χ0v) is 15.9. The first-order valence-electron chi connectivity index (χ1n) is 8.96. The summed E-state index contributed by atoms with van der Waals surface area (Å²) in [6, 6.07) is 13.4. The minimum Gasteiger partial charge on any atom is -0.495 e. The number of hydrogen-bond donors (Lipinski definition) is 0. The van der Waals surface area contributed by atoms with Gasteiger partial charge in [-0.1, -0.05) is 23.7 Å². The highest BCUT2D eigenvalue weighted by molar-refractivity contribution is 6.30. The number of para-hydroxylation sites is 2.